The maximum atomic E-state index is 13.5. The largest absolute Gasteiger partial charge is 0.473 e. The molecule has 0 spiro atoms. The normalized spacial score (nSPS) is 9.83. The van der Waals surface area contributed by atoms with Gasteiger partial charge in [0.25, 0.3) is 0 Å². The summed E-state index contributed by atoms with van der Waals surface area (Å²) in [4.78, 5) is 7.07. The van der Waals surface area contributed by atoms with Gasteiger partial charge in [-0.05, 0) is 12.1 Å². The van der Waals surface area contributed by atoms with E-state index in [0.29, 0.717) is 16.6 Å². The van der Waals surface area contributed by atoms with Crippen molar-refractivity contribution in [3.05, 3.63) is 64.3 Å². The van der Waals surface area contributed by atoms with Gasteiger partial charge in [0, 0.05) is 11.6 Å². The summed E-state index contributed by atoms with van der Waals surface area (Å²) in [5.74, 6) is -0.137. The molecule has 0 bridgehead atoms. The van der Waals surface area contributed by atoms with Gasteiger partial charge in [-0.15, -0.1) is 0 Å². The minimum Gasteiger partial charge on any atom is -0.473 e. The smallest absolute Gasteiger partial charge is 0.214 e. The molecule has 0 aliphatic carbocycles. The average Bonchev–Trinajstić information content (AvgIpc) is 2.37. The fraction of sp³-hybridized carbons (Fsp3) is 0.0769. The predicted octanol–water partition coefficient (Wildman–Crippen LogP) is 4.00. The molecule has 18 heavy (non-hydrogen) atoms. The van der Waals surface area contributed by atoms with E-state index in [9.17, 15) is 4.39 Å². The van der Waals surface area contributed by atoms with E-state index in [-0.39, 0.29) is 12.3 Å². The van der Waals surface area contributed by atoms with Crippen LogP contribution >= 0.6 is 11.6 Å². The predicted molar refractivity (Wildman–Crippen MR) is 66.2 cm³/mol. The zero-order valence-electron chi connectivity index (χ0n) is 9.23. The van der Waals surface area contributed by atoms with E-state index in [4.69, 9.17) is 22.9 Å². The van der Waals surface area contributed by atoms with Crippen LogP contribution in [-0.4, -0.2) is 4.98 Å². The third kappa shape index (κ3) is 2.96. The van der Waals surface area contributed by atoms with Crippen LogP contribution in [0.1, 0.15) is 5.56 Å². The van der Waals surface area contributed by atoms with Crippen LogP contribution in [-0.2, 0) is 6.61 Å². The molecule has 0 radical (unpaired) electrons. The van der Waals surface area contributed by atoms with Gasteiger partial charge in [-0.2, -0.15) is 0 Å². The lowest BCUT2D eigenvalue weighted by atomic mass is 10.2. The van der Waals surface area contributed by atoms with Gasteiger partial charge in [0.1, 0.15) is 17.6 Å². The van der Waals surface area contributed by atoms with E-state index < -0.39 is 5.82 Å². The van der Waals surface area contributed by atoms with Crippen LogP contribution in [0.5, 0.6) is 5.88 Å². The molecule has 0 aliphatic rings. The molecule has 0 saturated carbocycles. The molecule has 0 saturated heterocycles. The molecular formula is C13H8ClFN2O. The number of aromatic nitrogens is 1. The fourth-order valence-corrected chi connectivity index (χ4v) is 1.50. The van der Waals surface area contributed by atoms with Gasteiger partial charge in [-0.3, -0.25) is 0 Å². The number of nitrogens with zero attached hydrogens (tertiary/aromatic N) is 2. The minimum atomic E-state index is -0.467. The summed E-state index contributed by atoms with van der Waals surface area (Å²) in [6, 6.07) is 9.20. The van der Waals surface area contributed by atoms with Crippen molar-refractivity contribution < 1.29 is 9.13 Å². The molecule has 0 aliphatic heterocycles. The van der Waals surface area contributed by atoms with Crippen LogP contribution in [0.25, 0.3) is 4.85 Å². The lowest BCUT2D eigenvalue weighted by Crippen LogP contribution is -1.99. The first kappa shape index (κ1) is 12.3. The second-order valence-electron chi connectivity index (χ2n) is 3.47. The van der Waals surface area contributed by atoms with E-state index in [1.807, 2.05) is 0 Å². The Kier molecular flexibility index (Phi) is 3.75. The second kappa shape index (κ2) is 5.48. The van der Waals surface area contributed by atoms with Crippen LogP contribution < -0.4 is 4.74 Å². The zero-order chi connectivity index (χ0) is 13.0. The highest BCUT2D eigenvalue weighted by Gasteiger charge is 2.05. The molecule has 0 fully saturated rings. The standard InChI is InChI=1S/C13H8ClFN2O/c1-16-10-6-5-9(11(15)7-10)8-18-13-4-2-3-12(14)17-13/h2-7H,8H2. The van der Waals surface area contributed by atoms with Gasteiger partial charge >= 0.3 is 0 Å². The molecule has 5 heteroatoms. The molecule has 1 heterocycles. The lowest BCUT2D eigenvalue weighted by Gasteiger charge is -2.06. The Morgan fingerprint density at radius 2 is 2.17 bits per heavy atom. The van der Waals surface area contributed by atoms with Gasteiger partial charge in [-0.25, -0.2) is 14.2 Å². The van der Waals surface area contributed by atoms with Crippen molar-refractivity contribution in [2.24, 2.45) is 0 Å². The number of benzene rings is 1. The minimum absolute atomic E-state index is 0.0391. The fourth-order valence-electron chi connectivity index (χ4n) is 1.34. The van der Waals surface area contributed by atoms with Crippen molar-refractivity contribution in [2.75, 3.05) is 0 Å². The first-order valence-electron chi connectivity index (χ1n) is 5.10. The molecule has 0 unspecified atom stereocenters. The maximum absolute atomic E-state index is 13.5. The molecule has 90 valence electrons. The Bertz CT molecular complexity index is 610. The summed E-state index contributed by atoms with van der Waals surface area (Å²) in [5, 5.41) is 0.316. The van der Waals surface area contributed by atoms with Crippen molar-refractivity contribution in [3.8, 4) is 5.88 Å². The summed E-state index contributed by atoms with van der Waals surface area (Å²) in [5.41, 5.74) is 0.626. The molecule has 3 nitrogen and oxygen atoms in total. The summed E-state index contributed by atoms with van der Waals surface area (Å²) in [6.45, 7) is 6.81. The van der Waals surface area contributed by atoms with Gasteiger partial charge in [0.15, 0.2) is 5.69 Å². The maximum Gasteiger partial charge on any atom is 0.214 e. The number of rotatable bonds is 3. The average molecular weight is 263 g/mol. The van der Waals surface area contributed by atoms with Crippen molar-refractivity contribution >= 4 is 17.3 Å². The molecule has 2 aromatic rings. The first-order valence-corrected chi connectivity index (χ1v) is 5.48. The van der Waals surface area contributed by atoms with Gasteiger partial charge < -0.3 is 4.74 Å². The topological polar surface area (TPSA) is 26.5 Å². The van der Waals surface area contributed by atoms with Crippen LogP contribution in [0.3, 0.4) is 0 Å². The molecule has 0 amide bonds. The highest BCUT2D eigenvalue weighted by molar-refractivity contribution is 6.29. The molecule has 1 aromatic carbocycles. The number of halogens is 2. The highest BCUT2D eigenvalue weighted by Crippen LogP contribution is 2.19. The van der Waals surface area contributed by atoms with Gasteiger partial charge in [0.05, 0.1) is 6.57 Å². The summed E-state index contributed by atoms with van der Waals surface area (Å²) < 4.78 is 18.9. The molecular weight excluding hydrogens is 255 g/mol. The summed E-state index contributed by atoms with van der Waals surface area (Å²) in [7, 11) is 0. The Morgan fingerprint density at radius 3 is 2.83 bits per heavy atom. The third-order valence-corrected chi connectivity index (χ3v) is 2.44. The van der Waals surface area contributed by atoms with E-state index in [0.717, 1.165) is 0 Å². The van der Waals surface area contributed by atoms with Crippen molar-refractivity contribution in [1.82, 2.24) is 4.98 Å². The van der Waals surface area contributed by atoms with Gasteiger partial charge in [-0.1, -0.05) is 29.8 Å². The molecule has 1 aromatic heterocycles. The second-order valence-corrected chi connectivity index (χ2v) is 3.86. The third-order valence-electron chi connectivity index (χ3n) is 2.23. The Labute approximate surface area is 109 Å². The molecule has 0 N–H and O–H groups in total. The van der Waals surface area contributed by atoms with Crippen molar-refractivity contribution in [3.63, 3.8) is 0 Å². The Morgan fingerprint density at radius 1 is 1.33 bits per heavy atom. The van der Waals surface area contributed by atoms with E-state index in [1.165, 1.54) is 12.1 Å². The molecule has 2 rings (SSSR count). The Balaban J connectivity index is 2.09. The highest BCUT2D eigenvalue weighted by atomic mass is 35.5. The van der Waals surface area contributed by atoms with Crippen LogP contribution in [0.2, 0.25) is 5.15 Å². The van der Waals surface area contributed by atoms with Crippen molar-refractivity contribution in [2.45, 2.75) is 6.61 Å². The van der Waals surface area contributed by atoms with Gasteiger partial charge in [0.2, 0.25) is 5.88 Å². The van der Waals surface area contributed by atoms with Crippen molar-refractivity contribution in [1.29, 1.82) is 0 Å². The first-order chi connectivity index (χ1) is 8.69. The van der Waals surface area contributed by atoms with E-state index in [2.05, 4.69) is 9.83 Å². The van der Waals surface area contributed by atoms with E-state index in [1.54, 1.807) is 24.3 Å². The zero-order valence-corrected chi connectivity index (χ0v) is 9.99. The van der Waals surface area contributed by atoms with Crippen LogP contribution in [0.15, 0.2) is 36.4 Å². The monoisotopic (exact) mass is 262 g/mol. The Hall–Kier alpha value is -2.12. The summed E-state index contributed by atoms with van der Waals surface area (Å²) in [6.07, 6.45) is 0. The number of hydrogen-bond acceptors (Lipinski definition) is 2. The quantitative estimate of drug-likeness (QED) is 0.617. The van der Waals surface area contributed by atoms with Crippen LogP contribution in [0.4, 0.5) is 10.1 Å². The number of pyridine rings is 1. The summed E-state index contributed by atoms with van der Waals surface area (Å²) >= 11 is 5.70. The van der Waals surface area contributed by atoms with E-state index >= 15 is 0 Å². The van der Waals surface area contributed by atoms with Crippen LogP contribution in [0, 0.1) is 12.4 Å². The lowest BCUT2D eigenvalue weighted by molar-refractivity contribution is 0.288. The number of ether oxygens (including phenoxy) is 1. The SMILES string of the molecule is [C-]#[N+]c1ccc(COc2cccc(Cl)n2)c(F)c1. The number of hydrogen-bond donors (Lipinski definition) is 0. The molecule has 0 atom stereocenters.